The Morgan fingerprint density at radius 1 is 1.15 bits per heavy atom. The van der Waals surface area contributed by atoms with Gasteiger partial charge < -0.3 is 9.84 Å². The van der Waals surface area contributed by atoms with Crippen LogP contribution in [0.2, 0.25) is 0 Å². The fourth-order valence-electron chi connectivity index (χ4n) is 4.70. The van der Waals surface area contributed by atoms with Gasteiger partial charge in [-0.25, -0.2) is 0 Å². The van der Waals surface area contributed by atoms with Crippen LogP contribution in [-0.4, -0.2) is 15.3 Å². The summed E-state index contributed by atoms with van der Waals surface area (Å²) < 4.78 is 6.46. The molecule has 3 aromatic rings. The zero-order chi connectivity index (χ0) is 17.8. The van der Waals surface area contributed by atoms with Crippen molar-refractivity contribution in [3.05, 3.63) is 83.2 Å². The van der Waals surface area contributed by atoms with Gasteiger partial charge in [-0.1, -0.05) is 42.5 Å². The van der Waals surface area contributed by atoms with E-state index >= 15 is 0 Å². The summed E-state index contributed by atoms with van der Waals surface area (Å²) in [6, 6.07) is 19.7. The SMILES string of the molecule is N#Cc1ccc(C23Oc4cn[nH]c4C2(O)CCC3c2ccccc2)cc1. The van der Waals surface area contributed by atoms with Crippen molar-refractivity contribution in [3.8, 4) is 11.8 Å². The number of aliphatic hydroxyl groups is 1. The molecule has 128 valence electrons. The molecule has 1 aliphatic carbocycles. The second-order valence-corrected chi connectivity index (χ2v) is 7.00. The lowest BCUT2D eigenvalue weighted by molar-refractivity contribution is -0.108. The predicted molar refractivity (Wildman–Crippen MR) is 94.4 cm³/mol. The van der Waals surface area contributed by atoms with E-state index in [-0.39, 0.29) is 5.92 Å². The van der Waals surface area contributed by atoms with Crippen LogP contribution in [0.4, 0.5) is 0 Å². The van der Waals surface area contributed by atoms with E-state index in [0.29, 0.717) is 23.4 Å². The highest BCUT2D eigenvalue weighted by molar-refractivity contribution is 5.50. The summed E-state index contributed by atoms with van der Waals surface area (Å²) in [6.07, 6.45) is 2.99. The Bertz CT molecular complexity index is 1010. The summed E-state index contributed by atoms with van der Waals surface area (Å²) in [5.41, 5.74) is 1.10. The first-order valence-electron chi connectivity index (χ1n) is 8.70. The summed E-state index contributed by atoms with van der Waals surface area (Å²) in [4.78, 5) is 0. The number of nitrogens with one attached hydrogen (secondary N) is 1. The zero-order valence-corrected chi connectivity index (χ0v) is 14.0. The Morgan fingerprint density at radius 2 is 1.92 bits per heavy atom. The number of aromatic amines is 1. The highest BCUT2D eigenvalue weighted by Gasteiger charge is 2.69. The molecule has 2 N–H and O–H groups in total. The number of rotatable bonds is 2. The molecule has 1 saturated carbocycles. The highest BCUT2D eigenvalue weighted by atomic mass is 16.5. The average molecular weight is 343 g/mol. The molecule has 0 amide bonds. The lowest BCUT2D eigenvalue weighted by Gasteiger charge is -2.40. The van der Waals surface area contributed by atoms with Gasteiger partial charge in [-0.05, 0) is 36.1 Å². The van der Waals surface area contributed by atoms with E-state index in [9.17, 15) is 5.11 Å². The molecule has 0 bridgehead atoms. The van der Waals surface area contributed by atoms with Crippen LogP contribution in [0.5, 0.6) is 5.75 Å². The van der Waals surface area contributed by atoms with Crippen LogP contribution in [0, 0.1) is 11.3 Å². The lowest BCUT2D eigenvalue weighted by atomic mass is 9.73. The first kappa shape index (κ1) is 15.2. The second-order valence-electron chi connectivity index (χ2n) is 7.00. The Morgan fingerprint density at radius 3 is 2.65 bits per heavy atom. The van der Waals surface area contributed by atoms with Crippen molar-refractivity contribution >= 4 is 0 Å². The third-order valence-corrected chi connectivity index (χ3v) is 5.83. The number of nitrogens with zero attached hydrogens (tertiary/aromatic N) is 2. The van der Waals surface area contributed by atoms with Crippen LogP contribution < -0.4 is 4.74 Å². The Balaban J connectivity index is 1.74. The van der Waals surface area contributed by atoms with Crippen molar-refractivity contribution in [3.63, 3.8) is 0 Å². The molecule has 2 aromatic carbocycles. The first-order valence-corrected chi connectivity index (χ1v) is 8.70. The van der Waals surface area contributed by atoms with E-state index in [1.54, 1.807) is 18.3 Å². The number of ether oxygens (including phenoxy) is 1. The molecular formula is C21H17N3O2. The minimum Gasteiger partial charge on any atom is -0.475 e. The smallest absolute Gasteiger partial charge is 0.175 e. The van der Waals surface area contributed by atoms with Crippen molar-refractivity contribution < 1.29 is 9.84 Å². The van der Waals surface area contributed by atoms with Gasteiger partial charge in [-0.15, -0.1) is 0 Å². The molecule has 0 radical (unpaired) electrons. The molecule has 1 aliphatic heterocycles. The number of fused-ring (bicyclic) bond motifs is 3. The zero-order valence-electron chi connectivity index (χ0n) is 14.0. The van der Waals surface area contributed by atoms with Gasteiger partial charge in [0.05, 0.1) is 17.8 Å². The van der Waals surface area contributed by atoms with Crippen molar-refractivity contribution in [1.29, 1.82) is 5.26 Å². The molecular weight excluding hydrogens is 326 g/mol. The van der Waals surface area contributed by atoms with Gasteiger partial charge in [-0.3, -0.25) is 5.10 Å². The monoisotopic (exact) mass is 343 g/mol. The molecule has 5 heteroatoms. The normalized spacial score (nSPS) is 28.8. The molecule has 2 heterocycles. The fourth-order valence-corrected chi connectivity index (χ4v) is 4.70. The van der Waals surface area contributed by atoms with Crippen LogP contribution in [0.3, 0.4) is 0 Å². The van der Waals surface area contributed by atoms with Crippen LogP contribution in [0.1, 0.15) is 41.1 Å². The fraction of sp³-hybridized carbons (Fsp3) is 0.238. The first-order chi connectivity index (χ1) is 12.7. The molecule has 0 spiro atoms. The van der Waals surface area contributed by atoms with Crippen LogP contribution in [0.15, 0.2) is 60.8 Å². The Kier molecular flexibility index (Phi) is 3.03. The van der Waals surface area contributed by atoms with Crippen LogP contribution in [0.25, 0.3) is 0 Å². The number of nitriles is 1. The van der Waals surface area contributed by atoms with E-state index < -0.39 is 11.2 Å². The predicted octanol–water partition coefficient (Wildman–Crippen LogP) is 3.33. The van der Waals surface area contributed by atoms with E-state index in [1.807, 2.05) is 30.3 Å². The Hall–Kier alpha value is -3.10. The minimum atomic E-state index is -1.19. The number of H-pyrrole nitrogens is 1. The minimum absolute atomic E-state index is 0.0116. The molecule has 2 aliphatic rings. The maximum absolute atomic E-state index is 11.8. The van der Waals surface area contributed by atoms with Gasteiger partial charge in [-0.2, -0.15) is 10.4 Å². The summed E-state index contributed by atoms with van der Waals surface area (Å²) in [5, 5.41) is 27.9. The largest absolute Gasteiger partial charge is 0.475 e. The molecule has 26 heavy (non-hydrogen) atoms. The van der Waals surface area contributed by atoms with Crippen molar-refractivity contribution in [2.75, 3.05) is 0 Å². The topological polar surface area (TPSA) is 81.9 Å². The summed E-state index contributed by atoms with van der Waals surface area (Å²) in [6.45, 7) is 0. The molecule has 0 saturated heterocycles. The number of benzene rings is 2. The van der Waals surface area contributed by atoms with E-state index in [1.165, 1.54) is 0 Å². The lowest BCUT2D eigenvalue weighted by Crippen LogP contribution is -2.48. The molecule has 3 atom stereocenters. The third-order valence-electron chi connectivity index (χ3n) is 5.83. The number of aromatic nitrogens is 2. The third kappa shape index (κ3) is 1.74. The molecule has 5 rings (SSSR count). The maximum Gasteiger partial charge on any atom is 0.175 e. The van der Waals surface area contributed by atoms with E-state index in [4.69, 9.17) is 10.00 Å². The summed E-state index contributed by atoms with van der Waals surface area (Å²) >= 11 is 0. The van der Waals surface area contributed by atoms with Crippen molar-refractivity contribution in [2.24, 2.45) is 0 Å². The van der Waals surface area contributed by atoms with Gasteiger partial charge in [0.1, 0.15) is 5.69 Å². The average Bonchev–Trinajstić information content (AvgIpc) is 3.32. The quantitative estimate of drug-likeness (QED) is 0.748. The Labute approximate surface area is 150 Å². The van der Waals surface area contributed by atoms with Crippen LogP contribution in [-0.2, 0) is 11.2 Å². The molecule has 5 nitrogen and oxygen atoms in total. The second kappa shape index (κ2) is 5.20. The highest BCUT2D eigenvalue weighted by Crippen LogP contribution is 2.65. The maximum atomic E-state index is 11.8. The number of hydrogen-bond acceptors (Lipinski definition) is 4. The molecule has 1 fully saturated rings. The molecule has 3 unspecified atom stereocenters. The van der Waals surface area contributed by atoms with Crippen molar-refractivity contribution in [2.45, 2.75) is 30.0 Å². The van der Waals surface area contributed by atoms with Crippen LogP contribution >= 0.6 is 0 Å². The van der Waals surface area contributed by atoms with Gasteiger partial charge in [0, 0.05) is 5.92 Å². The van der Waals surface area contributed by atoms with Gasteiger partial charge >= 0.3 is 0 Å². The van der Waals surface area contributed by atoms with Gasteiger partial charge in [0.25, 0.3) is 0 Å². The van der Waals surface area contributed by atoms with Crippen molar-refractivity contribution in [1.82, 2.24) is 10.2 Å². The van der Waals surface area contributed by atoms with E-state index in [2.05, 4.69) is 28.4 Å². The summed E-state index contributed by atoms with van der Waals surface area (Å²) in [7, 11) is 0. The van der Waals surface area contributed by atoms with E-state index in [0.717, 1.165) is 17.5 Å². The standard InChI is InChI=1S/C21H17N3O2/c22-12-14-6-8-16(9-7-14)21-17(15-4-2-1-3-5-15)10-11-20(21,25)19-18(26-21)13-23-24-19/h1-9,13,17,25H,10-11H2,(H,23,24). The summed E-state index contributed by atoms with van der Waals surface area (Å²) in [5.74, 6) is 0.583. The molecule has 1 aromatic heterocycles. The van der Waals surface area contributed by atoms with Gasteiger partial charge in [0.2, 0.25) is 0 Å². The van der Waals surface area contributed by atoms with Gasteiger partial charge in [0.15, 0.2) is 17.0 Å². The number of hydrogen-bond donors (Lipinski definition) is 2.